The maximum Gasteiger partial charge on any atom is 0.303 e. The molecule has 460 valence electrons. The molecule has 0 aromatic heterocycles. The summed E-state index contributed by atoms with van der Waals surface area (Å²) in [7, 11) is 1.60. The van der Waals surface area contributed by atoms with E-state index < -0.39 is 74.7 Å². The summed E-state index contributed by atoms with van der Waals surface area (Å²) in [6, 6.07) is 27.1. The monoisotopic (exact) mass is 1180 g/mol. The first-order valence-electron chi connectivity index (χ1n) is 29.5. The van der Waals surface area contributed by atoms with Gasteiger partial charge in [-0.3, -0.25) is 24.0 Å². The molecule has 1 heterocycles. The number of methoxy groups -OCH3 is 2. The molecule has 7 atom stereocenters. The van der Waals surface area contributed by atoms with Gasteiger partial charge in [-0.15, -0.1) is 0 Å². The highest BCUT2D eigenvalue weighted by molar-refractivity contribution is 7.44. The van der Waals surface area contributed by atoms with Crippen LogP contribution < -0.4 is 20.1 Å². The summed E-state index contributed by atoms with van der Waals surface area (Å²) in [5.41, 5.74) is 1.51. The third-order valence-corrected chi connectivity index (χ3v) is 16.2. The topological polar surface area (TPSA) is 229 Å². The molecule has 1 aliphatic heterocycles. The van der Waals surface area contributed by atoms with Gasteiger partial charge in [0.05, 0.1) is 39.9 Å². The molecule has 4 rings (SSSR count). The number of nitrogens with one attached hydrogen (secondary N) is 2. The molecular weight excluding hydrogens is 1080 g/mol. The smallest absolute Gasteiger partial charge is 0.303 e. The Balaban J connectivity index is 1.25. The Bertz CT molecular complexity index is 2350. The van der Waals surface area contributed by atoms with E-state index in [1.807, 2.05) is 78.9 Å². The molecule has 3 aromatic rings. The van der Waals surface area contributed by atoms with Crippen molar-refractivity contribution in [2.45, 2.75) is 206 Å². The Morgan fingerprint density at radius 1 is 0.663 bits per heavy atom. The summed E-state index contributed by atoms with van der Waals surface area (Å²) in [4.78, 5) is 61.6. The Kier molecular flexibility index (Phi) is 32.2. The third kappa shape index (κ3) is 24.1. The van der Waals surface area contributed by atoms with Crippen molar-refractivity contribution in [2.24, 2.45) is 0 Å². The van der Waals surface area contributed by atoms with Crippen LogP contribution in [-0.2, 0) is 67.0 Å². The van der Waals surface area contributed by atoms with E-state index in [2.05, 4.69) is 49.1 Å². The maximum absolute atomic E-state index is 13.6. The number of amides is 2. The highest BCUT2D eigenvalue weighted by atomic mass is 31.2. The first-order chi connectivity index (χ1) is 39.9. The van der Waals surface area contributed by atoms with E-state index in [0.717, 1.165) is 93.7 Å². The fourth-order valence-electron chi connectivity index (χ4n) is 10.1. The molecule has 0 bridgehead atoms. The molecule has 2 amide bonds. The lowest BCUT2D eigenvalue weighted by Gasteiger charge is -2.44. The first kappa shape index (κ1) is 69.8. The van der Waals surface area contributed by atoms with Gasteiger partial charge < -0.3 is 57.6 Å². The van der Waals surface area contributed by atoms with Crippen molar-refractivity contribution in [3.8, 4) is 17.6 Å². The van der Waals surface area contributed by atoms with Crippen molar-refractivity contribution in [3.63, 3.8) is 0 Å². The van der Waals surface area contributed by atoms with Gasteiger partial charge in [0.1, 0.15) is 42.0 Å². The number of rotatable bonds is 40. The molecule has 1 aliphatic rings. The number of hydrogen-bond donors (Lipinski definition) is 2. The van der Waals surface area contributed by atoms with E-state index in [0.29, 0.717) is 24.5 Å². The van der Waals surface area contributed by atoms with Crippen molar-refractivity contribution in [1.82, 2.24) is 15.3 Å². The Morgan fingerprint density at radius 2 is 1.17 bits per heavy atom. The predicted molar refractivity (Wildman–Crippen MR) is 316 cm³/mol. The standard InChI is InChI=1S/C63H93N4O15P/c1-45(2)67(46(3)4)83(78-41-27-39-64)82-56(43-77-63(51-28-23-22-24-29-51,52-31-35-54(73-9)36-32-52)53-33-37-55(74-10)38-34-53)42-65-58(72)30-25-20-18-16-14-12-11-13-15-17-19-21-26-40-75-62-59(66-47(5)68)61(80-50(8)71)60(79-49(7)70)57(81-62)44-76-48(6)69/h22-24,28-29,31-38,45-46,56-57,59-62H,11-21,25-27,30,40-44H2,1-10H3,(H,65,72)(H,66,68)/t56-,57+,59+,60-,61+,62+,83?/m0/s1. The van der Waals surface area contributed by atoms with Crippen molar-refractivity contribution in [1.29, 1.82) is 5.26 Å². The van der Waals surface area contributed by atoms with E-state index in [1.165, 1.54) is 34.1 Å². The van der Waals surface area contributed by atoms with Crippen LogP contribution in [0.1, 0.15) is 168 Å². The fourth-order valence-corrected chi connectivity index (χ4v) is 11.8. The molecule has 0 aliphatic carbocycles. The highest BCUT2D eigenvalue weighted by Crippen LogP contribution is 2.48. The van der Waals surface area contributed by atoms with Crippen LogP contribution in [0, 0.1) is 11.3 Å². The number of benzene rings is 3. The number of unbranched alkanes of at least 4 members (excludes halogenated alkanes) is 12. The molecule has 83 heavy (non-hydrogen) atoms. The summed E-state index contributed by atoms with van der Waals surface area (Å²) in [5, 5.41) is 15.3. The van der Waals surface area contributed by atoms with Crippen LogP contribution in [0.25, 0.3) is 0 Å². The summed E-state index contributed by atoms with van der Waals surface area (Å²) in [6.07, 6.45) is 8.98. The second-order valence-corrected chi connectivity index (χ2v) is 22.7. The summed E-state index contributed by atoms with van der Waals surface area (Å²) >= 11 is 0. The zero-order valence-electron chi connectivity index (χ0n) is 50.7. The minimum atomic E-state index is -1.68. The Labute approximate surface area is 494 Å². The van der Waals surface area contributed by atoms with Gasteiger partial charge in [-0.25, -0.2) is 4.67 Å². The molecule has 1 saturated heterocycles. The van der Waals surface area contributed by atoms with Gasteiger partial charge >= 0.3 is 17.9 Å². The Morgan fingerprint density at radius 3 is 1.65 bits per heavy atom. The second kappa shape index (κ2) is 38.3. The van der Waals surface area contributed by atoms with Gasteiger partial charge in [-0.2, -0.15) is 5.26 Å². The second-order valence-electron chi connectivity index (χ2n) is 21.3. The summed E-state index contributed by atoms with van der Waals surface area (Å²) in [6.45, 7) is 13.8. The molecule has 1 fully saturated rings. The maximum atomic E-state index is 13.6. The van der Waals surface area contributed by atoms with Crippen LogP contribution in [0.5, 0.6) is 11.5 Å². The van der Waals surface area contributed by atoms with Gasteiger partial charge in [-0.1, -0.05) is 125 Å². The molecule has 3 aromatic carbocycles. The lowest BCUT2D eigenvalue weighted by atomic mass is 9.80. The highest BCUT2D eigenvalue weighted by Gasteiger charge is 2.51. The number of hydrogen-bond acceptors (Lipinski definition) is 17. The molecule has 1 unspecified atom stereocenters. The van der Waals surface area contributed by atoms with Crippen molar-refractivity contribution >= 4 is 38.2 Å². The largest absolute Gasteiger partial charge is 0.497 e. The molecule has 20 heteroatoms. The number of nitrogens with zero attached hydrogens (tertiary/aromatic N) is 2. The summed E-state index contributed by atoms with van der Waals surface area (Å²) < 4.78 is 62.2. The van der Waals surface area contributed by atoms with Gasteiger partial charge in [-0.05, 0) is 81.5 Å². The van der Waals surface area contributed by atoms with E-state index in [4.69, 9.17) is 46.9 Å². The number of carbonyl (C=O) groups is 5. The zero-order valence-corrected chi connectivity index (χ0v) is 51.6. The predicted octanol–water partition coefficient (Wildman–Crippen LogP) is 10.9. The quantitative estimate of drug-likeness (QED) is 0.0177. The summed E-state index contributed by atoms with van der Waals surface area (Å²) in [5.74, 6) is -0.966. The van der Waals surface area contributed by atoms with Crippen LogP contribution in [0.2, 0.25) is 0 Å². The first-order valence-corrected chi connectivity index (χ1v) is 30.6. The number of esters is 3. The lowest BCUT2D eigenvalue weighted by Crippen LogP contribution is -2.66. The van der Waals surface area contributed by atoms with Crippen molar-refractivity contribution in [3.05, 3.63) is 95.6 Å². The van der Waals surface area contributed by atoms with Crippen LogP contribution in [0.4, 0.5) is 0 Å². The zero-order chi connectivity index (χ0) is 60.6. The minimum absolute atomic E-state index is 0.0601. The van der Waals surface area contributed by atoms with Gasteiger partial charge in [0, 0.05) is 59.4 Å². The average Bonchev–Trinajstić information content (AvgIpc) is 2.22. The minimum Gasteiger partial charge on any atom is -0.497 e. The van der Waals surface area contributed by atoms with Crippen molar-refractivity contribution < 1.29 is 70.9 Å². The van der Waals surface area contributed by atoms with E-state index in [1.54, 1.807) is 14.2 Å². The van der Waals surface area contributed by atoms with Gasteiger partial charge in [0.25, 0.3) is 8.53 Å². The van der Waals surface area contributed by atoms with Crippen LogP contribution in [-0.4, -0.2) is 130 Å². The number of carbonyl (C=O) groups excluding carboxylic acids is 5. The molecular formula is C63H93N4O15P. The fraction of sp³-hybridized carbons (Fsp3) is 0.619. The molecule has 0 saturated carbocycles. The van der Waals surface area contributed by atoms with Gasteiger partial charge in [0.15, 0.2) is 18.5 Å². The third-order valence-electron chi connectivity index (χ3n) is 14.0. The van der Waals surface area contributed by atoms with Crippen LogP contribution >= 0.6 is 8.53 Å². The normalized spacial score (nSPS) is 17.8. The SMILES string of the molecule is COc1ccc(C(OC[C@H](CNC(=O)CCCCCCCCCCCCCCCO[C@@H]2O[C@H](COC(C)=O)[C@H](OC(C)=O)[C@H](OC(C)=O)[C@H]2NC(C)=O)OP(OCCC#N)N(C(C)C)C(C)C)(c2ccccc2)c2ccc(OC)cc2)cc1. The molecule has 2 N–H and O–H groups in total. The van der Waals surface area contributed by atoms with E-state index in [-0.39, 0.29) is 50.8 Å². The van der Waals surface area contributed by atoms with Crippen molar-refractivity contribution in [2.75, 3.05) is 47.2 Å². The lowest BCUT2D eigenvalue weighted by molar-refractivity contribution is -0.277. The molecule has 0 spiro atoms. The van der Waals surface area contributed by atoms with E-state index >= 15 is 0 Å². The average molecular weight is 1180 g/mol. The molecule has 19 nitrogen and oxygen atoms in total. The van der Waals surface area contributed by atoms with Crippen LogP contribution in [0.15, 0.2) is 78.9 Å². The number of nitriles is 1. The Hall–Kier alpha value is -5.71. The number of ether oxygens (including phenoxy) is 8. The van der Waals surface area contributed by atoms with Gasteiger partial charge in [0.2, 0.25) is 11.8 Å². The van der Waals surface area contributed by atoms with E-state index in [9.17, 15) is 29.2 Å². The molecule has 0 radical (unpaired) electrons. The van der Waals surface area contributed by atoms with Crippen LogP contribution in [0.3, 0.4) is 0 Å².